The van der Waals surface area contributed by atoms with Crippen molar-refractivity contribution in [3.8, 4) is 0 Å². The first-order valence-corrected chi connectivity index (χ1v) is 7.10. The summed E-state index contributed by atoms with van der Waals surface area (Å²) in [5.41, 5.74) is 0.505. The fourth-order valence-electron chi connectivity index (χ4n) is 2.81. The molecule has 0 spiro atoms. The van der Waals surface area contributed by atoms with Gasteiger partial charge in [0.25, 0.3) is 5.91 Å². The lowest BCUT2D eigenvalue weighted by molar-refractivity contribution is -0.114. The number of hydrogen-bond acceptors (Lipinski definition) is 2. The van der Waals surface area contributed by atoms with E-state index in [1.165, 1.54) is 0 Å². The van der Waals surface area contributed by atoms with Crippen molar-refractivity contribution in [2.24, 2.45) is 11.3 Å². The Labute approximate surface area is 122 Å². The van der Waals surface area contributed by atoms with E-state index in [2.05, 4.69) is 20.8 Å². The fourth-order valence-corrected chi connectivity index (χ4v) is 2.81. The second-order valence-electron chi connectivity index (χ2n) is 6.30. The van der Waals surface area contributed by atoms with Gasteiger partial charge in [-0.3, -0.25) is 4.79 Å². The number of nitrogens with zero attached hydrogens (tertiary/aromatic N) is 1. The molecule has 0 aliphatic heterocycles. The zero-order valence-corrected chi connectivity index (χ0v) is 13.1. The van der Waals surface area contributed by atoms with E-state index >= 15 is 0 Å². The van der Waals surface area contributed by atoms with E-state index in [0.29, 0.717) is 5.56 Å². The molecule has 3 heteroatoms. The quantitative estimate of drug-likeness (QED) is 0.772. The van der Waals surface area contributed by atoms with Crippen LogP contribution < -0.4 is 0 Å². The summed E-state index contributed by atoms with van der Waals surface area (Å²) in [4.78, 5) is 25.6. The third kappa shape index (κ3) is 3.69. The standard InChI is InChI=1S/C17H25NO2/c1-6-13(12-19)15(17(2,3)4)18(5)16(20)14-10-8-7-9-11-14/h7-13,15H,6H2,1-5H3/t13-,15+/m1/s1. The second kappa shape index (κ2) is 6.69. The Bertz CT molecular complexity index is 448. The van der Waals surface area contributed by atoms with Crippen LogP contribution in [0.4, 0.5) is 0 Å². The molecule has 20 heavy (non-hydrogen) atoms. The largest absolute Gasteiger partial charge is 0.337 e. The summed E-state index contributed by atoms with van der Waals surface area (Å²) in [7, 11) is 1.79. The predicted octanol–water partition coefficient (Wildman–Crippen LogP) is 3.40. The van der Waals surface area contributed by atoms with Crippen molar-refractivity contribution in [2.75, 3.05) is 7.05 Å². The van der Waals surface area contributed by atoms with Crippen LogP contribution in [0.15, 0.2) is 30.3 Å². The maximum Gasteiger partial charge on any atom is 0.253 e. The molecule has 0 aliphatic carbocycles. The third-order valence-corrected chi connectivity index (χ3v) is 3.70. The molecule has 3 nitrogen and oxygen atoms in total. The predicted molar refractivity (Wildman–Crippen MR) is 81.6 cm³/mol. The zero-order valence-electron chi connectivity index (χ0n) is 13.1. The summed E-state index contributed by atoms with van der Waals surface area (Å²) in [5, 5.41) is 0. The average Bonchev–Trinajstić information content (AvgIpc) is 2.42. The van der Waals surface area contributed by atoms with E-state index in [9.17, 15) is 9.59 Å². The van der Waals surface area contributed by atoms with Gasteiger partial charge in [-0.25, -0.2) is 0 Å². The van der Waals surface area contributed by atoms with Crippen molar-refractivity contribution in [1.29, 1.82) is 0 Å². The molecular formula is C17H25NO2. The van der Waals surface area contributed by atoms with Crippen LogP contribution >= 0.6 is 0 Å². The van der Waals surface area contributed by atoms with Gasteiger partial charge in [0.15, 0.2) is 0 Å². The Hall–Kier alpha value is -1.64. The van der Waals surface area contributed by atoms with Crippen LogP contribution in [0.25, 0.3) is 0 Å². The SMILES string of the molecule is CC[C@H](C=O)[C@H](N(C)C(=O)c1ccccc1)C(C)(C)C. The van der Waals surface area contributed by atoms with Gasteiger partial charge in [-0.05, 0) is 24.0 Å². The fraction of sp³-hybridized carbons (Fsp3) is 0.529. The number of rotatable bonds is 5. The molecule has 0 N–H and O–H groups in total. The Kier molecular flexibility index (Phi) is 5.49. The highest BCUT2D eigenvalue weighted by molar-refractivity contribution is 5.94. The van der Waals surface area contributed by atoms with E-state index in [0.717, 1.165) is 12.7 Å². The molecule has 110 valence electrons. The highest BCUT2D eigenvalue weighted by atomic mass is 16.2. The van der Waals surface area contributed by atoms with Gasteiger partial charge in [0.2, 0.25) is 0 Å². The van der Waals surface area contributed by atoms with Crippen molar-refractivity contribution in [3.63, 3.8) is 0 Å². The van der Waals surface area contributed by atoms with Gasteiger partial charge in [0.05, 0.1) is 0 Å². The van der Waals surface area contributed by atoms with Crippen molar-refractivity contribution >= 4 is 12.2 Å². The normalized spacial score (nSPS) is 14.4. The van der Waals surface area contributed by atoms with Crippen molar-refractivity contribution < 1.29 is 9.59 Å². The van der Waals surface area contributed by atoms with Crippen LogP contribution in [0, 0.1) is 11.3 Å². The summed E-state index contributed by atoms with van der Waals surface area (Å²) >= 11 is 0. The number of benzene rings is 1. The minimum absolute atomic E-state index is 0.0363. The van der Waals surface area contributed by atoms with E-state index in [4.69, 9.17) is 0 Å². The van der Waals surface area contributed by atoms with Crippen molar-refractivity contribution in [3.05, 3.63) is 35.9 Å². The van der Waals surface area contributed by atoms with Gasteiger partial charge in [0, 0.05) is 24.6 Å². The Morgan fingerprint density at radius 2 is 1.80 bits per heavy atom. The lowest BCUT2D eigenvalue weighted by Crippen LogP contribution is -2.50. The Balaban J connectivity index is 3.08. The van der Waals surface area contributed by atoms with Crippen LogP contribution in [0.2, 0.25) is 0 Å². The molecule has 2 atom stereocenters. The minimum atomic E-state index is -0.152. The third-order valence-electron chi connectivity index (χ3n) is 3.70. The Morgan fingerprint density at radius 1 is 1.25 bits per heavy atom. The molecule has 1 rings (SSSR count). The monoisotopic (exact) mass is 275 g/mol. The van der Waals surface area contributed by atoms with Crippen LogP contribution in [-0.4, -0.2) is 30.2 Å². The molecule has 0 aliphatic rings. The highest BCUT2D eigenvalue weighted by Gasteiger charge is 2.36. The molecule has 0 saturated carbocycles. The first-order valence-electron chi connectivity index (χ1n) is 7.10. The van der Waals surface area contributed by atoms with Gasteiger partial charge >= 0.3 is 0 Å². The second-order valence-corrected chi connectivity index (χ2v) is 6.30. The molecular weight excluding hydrogens is 250 g/mol. The van der Waals surface area contributed by atoms with Gasteiger partial charge in [-0.1, -0.05) is 45.9 Å². The molecule has 0 radical (unpaired) electrons. The smallest absolute Gasteiger partial charge is 0.253 e. The zero-order chi connectivity index (χ0) is 15.3. The van der Waals surface area contributed by atoms with E-state index in [-0.39, 0.29) is 23.3 Å². The van der Waals surface area contributed by atoms with Gasteiger partial charge < -0.3 is 9.69 Å². The molecule has 1 aromatic carbocycles. The summed E-state index contributed by atoms with van der Waals surface area (Å²) in [6.07, 6.45) is 1.71. The lowest BCUT2D eigenvalue weighted by Gasteiger charge is -2.41. The van der Waals surface area contributed by atoms with Crippen molar-refractivity contribution in [2.45, 2.75) is 40.2 Å². The summed E-state index contributed by atoms with van der Waals surface area (Å²) < 4.78 is 0. The molecule has 1 amide bonds. The molecule has 0 bridgehead atoms. The van der Waals surface area contributed by atoms with E-state index in [1.807, 2.05) is 25.1 Å². The summed E-state index contributed by atoms with van der Waals surface area (Å²) in [6.45, 7) is 8.19. The maximum atomic E-state index is 12.6. The average molecular weight is 275 g/mol. The van der Waals surface area contributed by atoms with Crippen LogP contribution in [-0.2, 0) is 4.79 Å². The van der Waals surface area contributed by atoms with Gasteiger partial charge in [0.1, 0.15) is 6.29 Å². The highest BCUT2D eigenvalue weighted by Crippen LogP contribution is 2.31. The van der Waals surface area contributed by atoms with Gasteiger partial charge in [-0.2, -0.15) is 0 Å². The van der Waals surface area contributed by atoms with Gasteiger partial charge in [-0.15, -0.1) is 0 Å². The molecule has 1 aromatic rings. The first kappa shape index (κ1) is 16.4. The first-order chi connectivity index (χ1) is 9.32. The number of hydrogen-bond donors (Lipinski definition) is 0. The van der Waals surface area contributed by atoms with Crippen LogP contribution in [0.5, 0.6) is 0 Å². The van der Waals surface area contributed by atoms with Crippen molar-refractivity contribution in [1.82, 2.24) is 4.90 Å². The maximum absolute atomic E-state index is 12.6. The molecule has 0 heterocycles. The summed E-state index contributed by atoms with van der Waals surface area (Å²) in [6, 6.07) is 9.09. The number of amides is 1. The molecule has 0 saturated heterocycles. The lowest BCUT2D eigenvalue weighted by atomic mass is 9.77. The molecule has 0 aromatic heterocycles. The van der Waals surface area contributed by atoms with E-state index in [1.54, 1.807) is 24.1 Å². The summed E-state index contributed by atoms with van der Waals surface area (Å²) in [5.74, 6) is -0.182. The van der Waals surface area contributed by atoms with Crippen LogP contribution in [0.3, 0.4) is 0 Å². The Morgan fingerprint density at radius 3 is 2.20 bits per heavy atom. The number of carbonyl (C=O) groups excluding carboxylic acids is 2. The minimum Gasteiger partial charge on any atom is -0.337 e. The van der Waals surface area contributed by atoms with Crippen LogP contribution in [0.1, 0.15) is 44.5 Å². The molecule has 0 unspecified atom stereocenters. The number of carbonyl (C=O) groups is 2. The number of aldehydes is 1. The topological polar surface area (TPSA) is 37.4 Å². The van der Waals surface area contributed by atoms with E-state index < -0.39 is 0 Å². The molecule has 0 fully saturated rings.